The Kier molecular flexibility index (Phi) is 3.75. The molecule has 2 N–H and O–H groups in total. The topological polar surface area (TPSA) is 52.6 Å². The summed E-state index contributed by atoms with van der Waals surface area (Å²) in [5.41, 5.74) is 1.85. The summed E-state index contributed by atoms with van der Waals surface area (Å²) in [6, 6.07) is 26.4. The van der Waals surface area contributed by atoms with E-state index in [0.29, 0.717) is 12.1 Å². The molecule has 1 aliphatic rings. The second kappa shape index (κ2) is 6.07. The molecule has 25 heavy (non-hydrogen) atoms. The number of nitrogens with one attached hydrogen (secondary N) is 1. The molecular formula is C21H18N2O2. The number of nitrogens with zero attached hydrogens (tertiary/aromatic N) is 1. The minimum absolute atomic E-state index is 0.232. The molecule has 4 nitrogen and oxygen atoms in total. The molecular weight excluding hydrogens is 312 g/mol. The average Bonchev–Trinajstić information content (AvgIpc) is 2.95. The van der Waals surface area contributed by atoms with Gasteiger partial charge < -0.3 is 5.32 Å². The number of fused-ring (bicyclic) bond motifs is 1. The number of carbonyl (C=O) groups excluding carboxylic acids is 1. The van der Waals surface area contributed by atoms with Crippen molar-refractivity contribution in [1.82, 2.24) is 0 Å². The molecule has 124 valence electrons. The molecule has 3 aromatic rings. The van der Waals surface area contributed by atoms with Gasteiger partial charge in [0, 0.05) is 17.7 Å². The van der Waals surface area contributed by atoms with E-state index in [-0.39, 0.29) is 5.91 Å². The van der Waals surface area contributed by atoms with E-state index in [0.717, 1.165) is 21.9 Å². The zero-order valence-electron chi connectivity index (χ0n) is 13.6. The molecule has 3 aromatic carbocycles. The summed E-state index contributed by atoms with van der Waals surface area (Å²) < 4.78 is 0. The Hall–Kier alpha value is -3.11. The summed E-state index contributed by atoms with van der Waals surface area (Å²) in [5, 5.41) is 15.1. The summed E-state index contributed by atoms with van der Waals surface area (Å²) in [6.45, 7) is 0. The lowest BCUT2D eigenvalue weighted by Gasteiger charge is -2.36. The van der Waals surface area contributed by atoms with Crippen LogP contribution in [0.4, 0.5) is 11.4 Å². The molecule has 0 spiro atoms. The van der Waals surface area contributed by atoms with Crippen molar-refractivity contribution < 1.29 is 10.0 Å². The molecule has 0 unspecified atom stereocenters. The fourth-order valence-electron chi connectivity index (χ4n) is 3.44. The quantitative estimate of drug-likeness (QED) is 0.712. The lowest BCUT2D eigenvalue weighted by Crippen LogP contribution is -2.51. The van der Waals surface area contributed by atoms with Crippen molar-refractivity contribution >= 4 is 17.3 Å². The van der Waals surface area contributed by atoms with Crippen molar-refractivity contribution in [2.24, 2.45) is 0 Å². The first-order chi connectivity index (χ1) is 12.2. The van der Waals surface area contributed by atoms with Crippen LogP contribution in [0, 0.1) is 0 Å². The highest BCUT2D eigenvalue weighted by molar-refractivity contribution is 6.08. The molecule has 4 rings (SSSR count). The molecule has 0 aliphatic carbocycles. The zero-order chi connectivity index (χ0) is 17.3. The second-order valence-corrected chi connectivity index (χ2v) is 6.17. The maximum atomic E-state index is 13.1. The van der Waals surface area contributed by atoms with Crippen molar-refractivity contribution in [3.63, 3.8) is 0 Å². The van der Waals surface area contributed by atoms with E-state index >= 15 is 0 Å². The number of hydrogen-bond acceptors (Lipinski definition) is 3. The van der Waals surface area contributed by atoms with E-state index in [1.807, 2.05) is 72.8 Å². The first-order valence-electron chi connectivity index (χ1n) is 8.21. The van der Waals surface area contributed by atoms with E-state index in [9.17, 15) is 10.0 Å². The normalized spacial score (nSPS) is 18.5. The van der Waals surface area contributed by atoms with Crippen LogP contribution in [0.3, 0.4) is 0 Å². The molecule has 0 aromatic heterocycles. The highest BCUT2D eigenvalue weighted by Gasteiger charge is 2.51. The second-order valence-electron chi connectivity index (χ2n) is 6.17. The van der Waals surface area contributed by atoms with Gasteiger partial charge in [0.1, 0.15) is 0 Å². The van der Waals surface area contributed by atoms with Gasteiger partial charge in [-0.25, -0.2) is 5.06 Å². The zero-order valence-corrected chi connectivity index (χ0v) is 13.6. The van der Waals surface area contributed by atoms with Gasteiger partial charge in [-0.1, -0.05) is 66.7 Å². The Bertz CT molecular complexity index is 896. The third kappa shape index (κ3) is 2.47. The van der Waals surface area contributed by atoms with Crippen LogP contribution in [-0.2, 0) is 16.8 Å². The maximum absolute atomic E-state index is 13.1. The first-order valence-corrected chi connectivity index (χ1v) is 8.21. The Morgan fingerprint density at radius 1 is 0.840 bits per heavy atom. The molecule has 1 atom stereocenters. The largest absolute Gasteiger partial charge is 0.323 e. The van der Waals surface area contributed by atoms with Gasteiger partial charge in [-0.2, -0.15) is 0 Å². The maximum Gasteiger partial charge on any atom is 0.257 e. The number of hydroxylamine groups is 1. The molecule has 0 bridgehead atoms. The Morgan fingerprint density at radius 3 is 2.16 bits per heavy atom. The predicted octanol–water partition coefficient (Wildman–Crippen LogP) is 3.97. The van der Waals surface area contributed by atoms with Crippen molar-refractivity contribution in [2.45, 2.75) is 12.0 Å². The Balaban J connectivity index is 1.89. The Labute approximate surface area is 146 Å². The molecule has 0 fully saturated rings. The van der Waals surface area contributed by atoms with E-state index in [1.165, 1.54) is 0 Å². The lowest BCUT2D eigenvalue weighted by atomic mass is 9.84. The van der Waals surface area contributed by atoms with Crippen LogP contribution in [-0.4, -0.2) is 11.1 Å². The van der Waals surface area contributed by atoms with Gasteiger partial charge >= 0.3 is 0 Å². The van der Waals surface area contributed by atoms with Crippen LogP contribution in [0.1, 0.15) is 11.1 Å². The van der Waals surface area contributed by atoms with Gasteiger partial charge in [0.15, 0.2) is 5.54 Å². The summed E-state index contributed by atoms with van der Waals surface area (Å²) >= 11 is 0. The fraction of sp³-hybridized carbons (Fsp3) is 0.0952. The van der Waals surface area contributed by atoms with Crippen LogP contribution in [0.5, 0.6) is 0 Å². The SMILES string of the molecule is O=C1Nc2ccccc2[C@]1(Cc1ccccc1)N(O)c1ccccc1. The Morgan fingerprint density at radius 2 is 1.44 bits per heavy atom. The molecule has 0 saturated carbocycles. The van der Waals surface area contributed by atoms with Gasteiger partial charge in [0.2, 0.25) is 0 Å². The molecule has 0 radical (unpaired) electrons. The van der Waals surface area contributed by atoms with Crippen LogP contribution in [0.25, 0.3) is 0 Å². The smallest absolute Gasteiger partial charge is 0.257 e. The molecule has 1 amide bonds. The fourth-order valence-corrected chi connectivity index (χ4v) is 3.44. The van der Waals surface area contributed by atoms with Crippen LogP contribution in [0.15, 0.2) is 84.9 Å². The predicted molar refractivity (Wildman–Crippen MR) is 97.6 cm³/mol. The van der Waals surface area contributed by atoms with E-state index in [4.69, 9.17) is 0 Å². The highest BCUT2D eigenvalue weighted by atomic mass is 16.5. The van der Waals surface area contributed by atoms with E-state index in [1.54, 1.807) is 12.1 Å². The van der Waals surface area contributed by atoms with Crippen LogP contribution < -0.4 is 10.4 Å². The van der Waals surface area contributed by atoms with E-state index < -0.39 is 5.54 Å². The summed E-state index contributed by atoms with van der Waals surface area (Å²) in [6.07, 6.45) is 0.363. The number of benzene rings is 3. The van der Waals surface area contributed by atoms with Crippen LogP contribution >= 0.6 is 0 Å². The van der Waals surface area contributed by atoms with Gasteiger partial charge in [-0.15, -0.1) is 0 Å². The standard InChI is InChI=1S/C21H18N2O2/c24-20-21(15-16-9-3-1-4-10-16,18-13-7-8-14-19(18)22-20)23(25)17-11-5-2-6-12-17/h1-14,25H,15H2,(H,22,24)/t21-/m0/s1. The number of para-hydroxylation sites is 2. The van der Waals surface area contributed by atoms with Gasteiger partial charge in [0.05, 0.1) is 5.69 Å². The van der Waals surface area contributed by atoms with Gasteiger partial charge in [-0.3, -0.25) is 10.0 Å². The van der Waals surface area contributed by atoms with Crippen molar-refractivity contribution in [3.8, 4) is 0 Å². The molecule has 1 heterocycles. The highest BCUT2D eigenvalue weighted by Crippen LogP contribution is 2.43. The number of anilines is 2. The molecule has 0 saturated heterocycles. The van der Waals surface area contributed by atoms with Gasteiger partial charge in [-0.05, 0) is 23.8 Å². The average molecular weight is 330 g/mol. The molecule has 1 aliphatic heterocycles. The number of hydrogen-bond donors (Lipinski definition) is 2. The summed E-state index contributed by atoms with van der Waals surface area (Å²) in [7, 11) is 0. The van der Waals surface area contributed by atoms with Gasteiger partial charge in [0.25, 0.3) is 5.91 Å². The van der Waals surface area contributed by atoms with Crippen molar-refractivity contribution in [2.75, 3.05) is 10.4 Å². The number of carbonyl (C=O) groups is 1. The van der Waals surface area contributed by atoms with Crippen LogP contribution in [0.2, 0.25) is 0 Å². The lowest BCUT2D eigenvalue weighted by molar-refractivity contribution is -0.123. The van der Waals surface area contributed by atoms with Crippen molar-refractivity contribution in [1.29, 1.82) is 0 Å². The summed E-state index contributed by atoms with van der Waals surface area (Å²) in [5.74, 6) is -0.232. The minimum atomic E-state index is -1.21. The molecule has 4 heteroatoms. The summed E-state index contributed by atoms with van der Waals surface area (Å²) in [4.78, 5) is 13.1. The first kappa shape index (κ1) is 15.4. The third-order valence-corrected chi connectivity index (χ3v) is 4.66. The number of amides is 1. The number of rotatable bonds is 4. The monoisotopic (exact) mass is 330 g/mol. The van der Waals surface area contributed by atoms with Crippen molar-refractivity contribution in [3.05, 3.63) is 96.1 Å². The van der Waals surface area contributed by atoms with E-state index in [2.05, 4.69) is 5.32 Å². The minimum Gasteiger partial charge on any atom is -0.323 e. The third-order valence-electron chi connectivity index (χ3n) is 4.66.